The van der Waals surface area contributed by atoms with Crippen LogP contribution >= 0.6 is 0 Å². The average molecular weight is 563 g/mol. The lowest BCUT2D eigenvalue weighted by molar-refractivity contribution is -0.137. The van der Waals surface area contributed by atoms with E-state index in [9.17, 15) is 23.1 Å². The van der Waals surface area contributed by atoms with Crippen molar-refractivity contribution in [3.63, 3.8) is 0 Å². The first kappa shape index (κ1) is 27.9. The number of pyridine rings is 3. The summed E-state index contributed by atoms with van der Waals surface area (Å²) in [5.74, 6) is 1.38. The van der Waals surface area contributed by atoms with Crippen molar-refractivity contribution in [2.24, 2.45) is 0 Å². The number of likely N-dealkylation sites (tertiary alicyclic amines) is 1. The molecule has 0 unspecified atom stereocenters. The maximum absolute atomic E-state index is 13.1. The highest BCUT2D eigenvalue weighted by molar-refractivity contribution is 5.79. The predicted octanol–water partition coefficient (Wildman–Crippen LogP) is 5.96. The third-order valence-corrected chi connectivity index (χ3v) is 6.86. The van der Waals surface area contributed by atoms with Gasteiger partial charge in [0.05, 0.1) is 17.7 Å². The summed E-state index contributed by atoms with van der Waals surface area (Å²) in [6, 6.07) is 16.1. The van der Waals surface area contributed by atoms with E-state index in [1.54, 1.807) is 36.5 Å². The van der Waals surface area contributed by atoms with Crippen LogP contribution in [0.1, 0.15) is 29.5 Å². The monoisotopic (exact) mass is 562 g/mol. The number of amides is 1. The fourth-order valence-corrected chi connectivity index (χ4v) is 4.70. The summed E-state index contributed by atoms with van der Waals surface area (Å²) >= 11 is 0. The normalized spacial score (nSPS) is 14.1. The maximum Gasteiger partial charge on any atom is 0.416 e. The third kappa shape index (κ3) is 7.30. The van der Waals surface area contributed by atoms with Crippen LogP contribution in [-0.4, -0.2) is 50.0 Å². The molecule has 1 aliphatic rings. The van der Waals surface area contributed by atoms with E-state index in [1.165, 1.54) is 0 Å². The average Bonchev–Trinajstić information content (AvgIpc) is 2.94. The highest BCUT2D eigenvalue weighted by atomic mass is 19.4. The molecule has 1 aliphatic heterocycles. The first-order chi connectivity index (χ1) is 19.6. The van der Waals surface area contributed by atoms with E-state index in [1.807, 2.05) is 30.0 Å². The first-order valence-corrected chi connectivity index (χ1v) is 13.2. The van der Waals surface area contributed by atoms with Crippen LogP contribution in [0.2, 0.25) is 0 Å². The Morgan fingerprint density at radius 2 is 1.73 bits per heavy atom. The number of aryl methyl sites for hydroxylation is 1. The number of phenols is 1. The van der Waals surface area contributed by atoms with Crippen LogP contribution in [0.5, 0.6) is 5.75 Å². The Morgan fingerprint density at radius 3 is 2.41 bits per heavy atom. The van der Waals surface area contributed by atoms with E-state index < -0.39 is 11.7 Å². The lowest BCUT2D eigenvalue weighted by Gasteiger charge is -2.32. The number of carbonyl (C=O) groups is 1. The molecule has 3 N–H and O–H groups in total. The van der Waals surface area contributed by atoms with Gasteiger partial charge in [-0.25, -0.2) is 15.0 Å². The Kier molecular flexibility index (Phi) is 8.04. The second-order valence-corrected chi connectivity index (χ2v) is 10.0. The molecule has 0 spiro atoms. The number of anilines is 3. The Balaban J connectivity index is 1.17. The van der Waals surface area contributed by atoms with E-state index in [4.69, 9.17) is 0 Å². The number of nitrogens with zero attached hydrogens (tertiary/aromatic N) is 4. The Hall–Kier alpha value is -4.67. The number of hydrogen-bond acceptors (Lipinski definition) is 7. The number of nitrogens with one attached hydrogen (secondary N) is 2. The van der Waals surface area contributed by atoms with Crippen molar-refractivity contribution in [1.29, 1.82) is 0 Å². The van der Waals surface area contributed by atoms with Crippen LogP contribution in [0.25, 0.3) is 11.3 Å². The van der Waals surface area contributed by atoms with Crippen LogP contribution < -0.4 is 10.6 Å². The molecule has 11 heteroatoms. The van der Waals surface area contributed by atoms with Crippen LogP contribution in [0, 0.1) is 6.92 Å². The molecule has 4 aromatic rings. The summed E-state index contributed by atoms with van der Waals surface area (Å²) in [7, 11) is 0. The number of aromatic hydroxyl groups is 1. The summed E-state index contributed by atoms with van der Waals surface area (Å²) in [5.41, 5.74) is 2.34. The smallest absolute Gasteiger partial charge is 0.416 e. The molecule has 1 aromatic carbocycles. The van der Waals surface area contributed by atoms with Crippen molar-refractivity contribution in [2.75, 3.05) is 23.7 Å². The van der Waals surface area contributed by atoms with Crippen molar-refractivity contribution in [3.8, 4) is 17.0 Å². The van der Waals surface area contributed by atoms with Gasteiger partial charge in [0.15, 0.2) is 0 Å². The standard InChI is InChI=1S/C30H29F3N6O2/c1-19-14-25(37-28(15-19)38-27-17-22(8-11-34-27)30(31,32)33)21-4-7-26(35-18-21)36-23-9-12-39(13-10-23)29(41)16-20-2-5-24(40)6-3-20/h2-8,11,14-15,17-18,23,40H,9-10,12-13,16H2,1H3,(H,35,36)(H,34,37,38). The number of halogens is 3. The minimum Gasteiger partial charge on any atom is -0.508 e. The van der Waals surface area contributed by atoms with E-state index in [2.05, 4.69) is 25.6 Å². The molecule has 0 aliphatic carbocycles. The van der Waals surface area contributed by atoms with Gasteiger partial charge in [0.2, 0.25) is 5.91 Å². The molecule has 212 valence electrons. The molecule has 8 nitrogen and oxygen atoms in total. The van der Waals surface area contributed by atoms with Crippen LogP contribution in [0.4, 0.5) is 30.6 Å². The predicted molar refractivity (Wildman–Crippen MR) is 150 cm³/mol. The quantitative estimate of drug-likeness (QED) is 0.255. The fraction of sp³-hybridized carbons (Fsp3) is 0.267. The molecular weight excluding hydrogens is 533 g/mol. The van der Waals surface area contributed by atoms with E-state index >= 15 is 0 Å². The second kappa shape index (κ2) is 11.8. The van der Waals surface area contributed by atoms with Gasteiger partial charge >= 0.3 is 6.18 Å². The van der Waals surface area contributed by atoms with Crippen molar-refractivity contribution in [2.45, 2.75) is 38.4 Å². The number of phenolic OH excluding ortho intramolecular Hbond substituents is 1. The summed E-state index contributed by atoms with van der Waals surface area (Å²) in [5, 5.41) is 15.7. The molecule has 1 amide bonds. The molecule has 5 rings (SSSR count). The number of benzene rings is 1. The number of piperidine rings is 1. The van der Waals surface area contributed by atoms with Gasteiger partial charge in [-0.3, -0.25) is 4.79 Å². The molecular formula is C30H29F3N6O2. The number of carbonyl (C=O) groups excluding carboxylic acids is 1. The summed E-state index contributed by atoms with van der Waals surface area (Å²) in [6.45, 7) is 3.17. The second-order valence-electron chi connectivity index (χ2n) is 10.0. The summed E-state index contributed by atoms with van der Waals surface area (Å²) in [6.07, 6.45) is 0.243. The molecule has 4 heterocycles. The minimum absolute atomic E-state index is 0.0506. The van der Waals surface area contributed by atoms with Gasteiger partial charge in [0, 0.05) is 37.1 Å². The van der Waals surface area contributed by atoms with Crippen LogP contribution in [-0.2, 0) is 17.4 Å². The number of alkyl halides is 3. The highest BCUT2D eigenvalue weighted by Gasteiger charge is 2.30. The van der Waals surface area contributed by atoms with Gasteiger partial charge in [-0.15, -0.1) is 0 Å². The minimum atomic E-state index is -4.46. The number of aromatic nitrogens is 3. The largest absolute Gasteiger partial charge is 0.508 e. The van der Waals surface area contributed by atoms with Gasteiger partial charge in [-0.2, -0.15) is 13.2 Å². The van der Waals surface area contributed by atoms with Crippen molar-refractivity contribution in [3.05, 3.63) is 89.7 Å². The van der Waals surface area contributed by atoms with Gasteiger partial charge in [0.25, 0.3) is 0 Å². The Bertz CT molecular complexity index is 1500. The Labute approximate surface area is 235 Å². The molecule has 1 saturated heterocycles. The SMILES string of the molecule is Cc1cc(Nc2cc(C(F)(F)F)ccn2)nc(-c2ccc(NC3CCN(C(=O)Cc4ccc(O)cc4)CC3)nc2)c1. The van der Waals surface area contributed by atoms with Crippen molar-refractivity contribution in [1.82, 2.24) is 19.9 Å². The molecule has 0 saturated carbocycles. The lowest BCUT2D eigenvalue weighted by Crippen LogP contribution is -2.43. The lowest BCUT2D eigenvalue weighted by atomic mass is 10.0. The topological polar surface area (TPSA) is 103 Å². The number of rotatable bonds is 7. The van der Waals surface area contributed by atoms with Gasteiger partial charge < -0.3 is 20.6 Å². The van der Waals surface area contributed by atoms with Gasteiger partial charge in [-0.1, -0.05) is 12.1 Å². The molecule has 1 fully saturated rings. The summed E-state index contributed by atoms with van der Waals surface area (Å²) < 4.78 is 39.2. The van der Waals surface area contributed by atoms with E-state index in [-0.39, 0.29) is 23.5 Å². The summed E-state index contributed by atoms with van der Waals surface area (Å²) in [4.78, 5) is 27.6. The number of hydrogen-bond donors (Lipinski definition) is 3. The van der Waals surface area contributed by atoms with Crippen molar-refractivity contribution >= 4 is 23.4 Å². The molecule has 41 heavy (non-hydrogen) atoms. The zero-order valence-corrected chi connectivity index (χ0v) is 22.3. The zero-order chi connectivity index (χ0) is 29.0. The van der Waals surface area contributed by atoms with E-state index in [0.717, 1.165) is 47.9 Å². The molecule has 3 aromatic heterocycles. The first-order valence-electron chi connectivity index (χ1n) is 13.2. The Morgan fingerprint density at radius 1 is 0.976 bits per heavy atom. The zero-order valence-electron chi connectivity index (χ0n) is 22.3. The maximum atomic E-state index is 13.1. The molecule has 0 atom stereocenters. The highest BCUT2D eigenvalue weighted by Crippen LogP contribution is 2.31. The molecule has 0 bridgehead atoms. The van der Waals surface area contributed by atoms with Crippen LogP contribution in [0.3, 0.4) is 0 Å². The molecule has 0 radical (unpaired) electrons. The van der Waals surface area contributed by atoms with E-state index in [0.29, 0.717) is 36.8 Å². The van der Waals surface area contributed by atoms with Crippen LogP contribution in [0.15, 0.2) is 73.1 Å². The third-order valence-electron chi connectivity index (χ3n) is 6.86. The van der Waals surface area contributed by atoms with Gasteiger partial charge in [-0.05, 0) is 79.4 Å². The fourth-order valence-electron chi connectivity index (χ4n) is 4.70. The van der Waals surface area contributed by atoms with Crippen molar-refractivity contribution < 1.29 is 23.1 Å². The van der Waals surface area contributed by atoms with Gasteiger partial charge in [0.1, 0.15) is 23.2 Å².